The van der Waals surface area contributed by atoms with E-state index in [-0.39, 0.29) is 35.6 Å². The number of methoxy groups -OCH3 is 1. The monoisotopic (exact) mass is 808 g/mol. The van der Waals surface area contributed by atoms with Gasteiger partial charge in [-0.15, -0.1) is 0 Å². The summed E-state index contributed by atoms with van der Waals surface area (Å²) >= 11 is 0. The topological polar surface area (TPSA) is 129 Å². The SMILES string of the molecule is COc1cc(C=CC2C3=CCC4C(=O)N(c5ccc(N=Nc6ccc(N(C)C)cc6)cc5)C(=O)C4C3CC3C(=O)C(c4ccccc4)=CC(=O)C23c2ccccc2)ccc1O. The number of imide groups is 1. The van der Waals surface area contributed by atoms with Gasteiger partial charge in [-0.25, -0.2) is 0 Å². The summed E-state index contributed by atoms with van der Waals surface area (Å²) in [6.07, 6.45) is 7.89. The highest BCUT2D eigenvalue weighted by atomic mass is 16.5. The Balaban J connectivity index is 1.11. The predicted molar refractivity (Wildman–Crippen MR) is 235 cm³/mol. The van der Waals surface area contributed by atoms with Crippen molar-refractivity contribution in [3.8, 4) is 11.5 Å². The Kier molecular flexibility index (Phi) is 10.1. The number of allylic oxidation sites excluding steroid dienone is 5. The number of aromatic hydroxyl groups is 1. The van der Waals surface area contributed by atoms with Crippen LogP contribution in [-0.2, 0) is 24.6 Å². The van der Waals surface area contributed by atoms with Crippen molar-refractivity contribution in [1.82, 2.24) is 0 Å². The van der Waals surface area contributed by atoms with Gasteiger partial charge in [0, 0.05) is 37.2 Å². The Hall–Kier alpha value is -7.20. The molecule has 0 bridgehead atoms. The van der Waals surface area contributed by atoms with E-state index < -0.39 is 35.0 Å². The number of azo groups is 1. The Morgan fingerprint density at radius 1 is 0.787 bits per heavy atom. The number of hydrogen-bond acceptors (Lipinski definition) is 9. The molecule has 9 rings (SSSR count). The van der Waals surface area contributed by atoms with Gasteiger partial charge >= 0.3 is 0 Å². The molecule has 1 aliphatic heterocycles. The van der Waals surface area contributed by atoms with Crippen molar-refractivity contribution in [1.29, 1.82) is 0 Å². The molecule has 1 saturated carbocycles. The highest BCUT2D eigenvalue weighted by Crippen LogP contribution is 2.61. The number of ketones is 2. The second-order valence-corrected chi connectivity index (χ2v) is 16.3. The Morgan fingerprint density at radius 2 is 1.44 bits per heavy atom. The first kappa shape index (κ1) is 39.3. The molecule has 0 aromatic heterocycles. The van der Waals surface area contributed by atoms with Crippen LogP contribution in [0, 0.1) is 29.6 Å². The first-order chi connectivity index (χ1) is 29.6. The minimum Gasteiger partial charge on any atom is -0.504 e. The molecule has 61 heavy (non-hydrogen) atoms. The summed E-state index contributed by atoms with van der Waals surface area (Å²) in [7, 11) is 5.41. The molecule has 1 saturated heterocycles. The highest BCUT2D eigenvalue weighted by Gasteiger charge is 2.65. The lowest BCUT2D eigenvalue weighted by molar-refractivity contribution is -0.135. The van der Waals surface area contributed by atoms with Gasteiger partial charge in [0.05, 0.1) is 41.4 Å². The fourth-order valence-corrected chi connectivity index (χ4v) is 9.98. The molecular weight excluding hydrogens is 765 g/mol. The number of phenols is 1. The first-order valence-electron chi connectivity index (χ1n) is 20.4. The van der Waals surface area contributed by atoms with Crippen molar-refractivity contribution in [3.05, 3.63) is 168 Å². The van der Waals surface area contributed by atoms with Crippen LogP contribution in [0.1, 0.15) is 29.5 Å². The maximum Gasteiger partial charge on any atom is 0.238 e. The average Bonchev–Trinajstić information content (AvgIpc) is 3.55. The molecule has 6 atom stereocenters. The Labute approximate surface area is 354 Å². The number of phenolic OH excluding ortho intramolecular Hbond substituents is 1. The van der Waals surface area contributed by atoms with Crippen LogP contribution >= 0.6 is 0 Å². The largest absolute Gasteiger partial charge is 0.504 e. The number of Topliss-reactive ketones (excluding diaryl/α,β-unsaturated/α-hetero) is 1. The normalized spacial score (nSPS) is 24.6. The van der Waals surface area contributed by atoms with Gasteiger partial charge in [-0.3, -0.25) is 24.1 Å². The van der Waals surface area contributed by atoms with Gasteiger partial charge in [0.2, 0.25) is 11.8 Å². The predicted octanol–water partition coefficient (Wildman–Crippen LogP) is 9.46. The van der Waals surface area contributed by atoms with Gasteiger partial charge in [0.25, 0.3) is 0 Å². The third kappa shape index (κ3) is 6.68. The molecular formula is C51H44N4O6. The maximum absolute atomic E-state index is 15.2. The molecule has 5 aromatic rings. The van der Waals surface area contributed by atoms with Crippen molar-refractivity contribution in [2.75, 3.05) is 31.0 Å². The number of anilines is 2. The summed E-state index contributed by atoms with van der Waals surface area (Å²) in [6, 6.07) is 38.3. The number of carbonyl (C=O) groups excluding carboxylic acids is 4. The summed E-state index contributed by atoms with van der Waals surface area (Å²) in [4.78, 5) is 62.8. The van der Waals surface area contributed by atoms with E-state index >= 15 is 9.59 Å². The number of nitrogens with zero attached hydrogens (tertiary/aromatic N) is 4. The number of rotatable bonds is 9. The minimum atomic E-state index is -1.34. The average molecular weight is 809 g/mol. The number of benzene rings is 5. The van der Waals surface area contributed by atoms with Crippen LogP contribution in [0.25, 0.3) is 11.6 Å². The fourth-order valence-electron chi connectivity index (χ4n) is 9.98. The standard InChI is InChI=1S/C51H44N4O6/c1-54(2)36-20-16-34(17-21-36)52-53-35-18-22-37(23-19-35)55-49(59)39-25-24-38-41(47(39)50(55)60)29-43-48(58)40(32-10-6-4-7-11-32)30-46(57)51(43,33-12-8-5-9-13-33)42(38)26-14-31-15-27-44(56)45(28-31)61-3/h4-24,26-28,30,39,41-43,47,56H,25,29H2,1-3H3. The number of carbonyl (C=O) groups is 4. The highest BCUT2D eigenvalue weighted by molar-refractivity contribution is 6.31. The summed E-state index contributed by atoms with van der Waals surface area (Å²) in [6.45, 7) is 0. The molecule has 1 N–H and O–H groups in total. The zero-order valence-corrected chi connectivity index (χ0v) is 34.0. The van der Waals surface area contributed by atoms with Crippen molar-refractivity contribution >= 4 is 57.8 Å². The summed E-state index contributed by atoms with van der Waals surface area (Å²) in [5.74, 6) is -4.11. The van der Waals surface area contributed by atoms with E-state index in [1.807, 2.05) is 122 Å². The third-order valence-electron chi connectivity index (χ3n) is 12.9. The third-order valence-corrected chi connectivity index (χ3v) is 12.9. The molecule has 2 fully saturated rings. The molecule has 0 spiro atoms. The summed E-state index contributed by atoms with van der Waals surface area (Å²) in [5.41, 5.74) is 4.67. The summed E-state index contributed by atoms with van der Waals surface area (Å²) < 4.78 is 5.40. The maximum atomic E-state index is 15.2. The van der Waals surface area contributed by atoms with Gasteiger partial charge in [-0.05, 0) is 102 Å². The molecule has 304 valence electrons. The van der Waals surface area contributed by atoms with Crippen molar-refractivity contribution in [2.24, 2.45) is 39.8 Å². The van der Waals surface area contributed by atoms with Crippen LogP contribution in [0.5, 0.6) is 11.5 Å². The van der Waals surface area contributed by atoms with Crippen molar-refractivity contribution in [3.63, 3.8) is 0 Å². The lowest BCUT2D eigenvalue weighted by Crippen LogP contribution is -2.59. The molecule has 4 aliphatic rings. The lowest BCUT2D eigenvalue weighted by atomic mass is 9.45. The zero-order chi connectivity index (χ0) is 42.4. The van der Waals surface area contributed by atoms with Crippen LogP contribution in [0.4, 0.5) is 22.7 Å². The van der Waals surface area contributed by atoms with Crippen LogP contribution < -0.4 is 14.5 Å². The quantitative estimate of drug-likeness (QED) is 0.0893. The fraction of sp³-hybridized carbons (Fsp3) is 0.216. The van der Waals surface area contributed by atoms with E-state index in [1.54, 1.807) is 42.5 Å². The van der Waals surface area contributed by atoms with Gasteiger partial charge in [0.15, 0.2) is 23.1 Å². The van der Waals surface area contributed by atoms with Crippen LogP contribution in [0.2, 0.25) is 0 Å². The molecule has 5 aromatic carbocycles. The van der Waals surface area contributed by atoms with Gasteiger partial charge < -0.3 is 14.7 Å². The van der Waals surface area contributed by atoms with Gasteiger partial charge in [-0.2, -0.15) is 10.2 Å². The number of fused-ring (bicyclic) bond motifs is 4. The first-order valence-corrected chi connectivity index (χ1v) is 20.4. The van der Waals surface area contributed by atoms with E-state index in [2.05, 4.69) is 10.2 Å². The molecule has 2 amide bonds. The van der Waals surface area contributed by atoms with Crippen molar-refractivity contribution < 1.29 is 29.0 Å². The van der Waals surface area contributed by atoms with Crippen LogP contribution in [0.15, 0.2) is 161 Å². The number of amides is 2. The molecule has 1 heterocycles. The van der Waals surface area contributed by atoms with E-state index in [1.165, 1.54) is 18.1 Å². The van der Waals surface area contributed by atoms with E-state index in [4.69, 9.17) is 4.74 Å². The van der Waals surface area contributed by atoms with Crippen LogP contribution in [0.3, 0.4) is 0 Å². The molecule has 6 unspecified atom stereocenters. The van der Waals surface area contributed by atoms with E-state index in [0.29, 0.717) is 51.5 Å². The van der Waals surface area contributed by atoms with Crippen molar-refractivity contribution in [2.45, 2.75) is 18.3 Å². The molecule has 0 radical (unpaired) electrons. The smallest absolute Gasteiger partial charge is 0.238 e. The second-order valence-electron chi connectivity index (χ2n) is 16.3. The minimum absolute atomic E-state index is 0.00939. The molecule has 3 aliphatic carbocycles. The lowest BCUT2D eigenvalue weighted by Gasteiger charge is -2.54. The van der Waals surface area contributed by atoms with E-state index in [9.17, 15) is 14.7 Å². The number of ether oxygens (including phenoxy) is 1. The van der Waals surface area contributed by atoms with Gasteiger partial charge in [0.1, 0.15) is 0 Å². The Bertz CT molecular complexity index is 2670. The second kappa shape index (κ2) is 15.8. The number of hydrogen-bond donors (Lipinski definition) is 1. The van der Waals surface area contributed by atoms with Crippen LogP contribution in [-0.4, -0.2) is 49.7 Å². The zero-order valence-electron chi connectivity index (χ0n) is 34.0. The molecule has 10 heteroatoms. The Morgan fingerprint density at radius 3 is 2.10 bits per heavy atom. The summed E-state index contributed by atoms with van der Waals surface area (Å²) in [5, 5.41) is 19.1. The van der Waals surface area contributed by atoms with E-state index in [0.717, 1.165) is 11.3 Å². The van der Waals surface area contributed by atoms with Gasteiger partial charge in [-0.1, -0.05) is 90.5 Å². The molecule has 10 nitrogen and oxygen atoms in total.